The van der Waals surface area contributed by atoms with E-state index in [4.69, 9.17) is 9.47 Å². The molecule has 0 aliphatic carbocycles. The molecule has 1 aromatic heterocycles. The third kappa shape index (κ3) is 6.91. The van der Waals surface area contributed by atoms with Crippen LogP contribution in [0.1, 0.15) is 66.2 Å². The van der Waals surface area contributed by atoms with Gasteiger partial charge >= 0.3 is 0 Å². The second-order valence-corrected chi connectivity index (χ2v) is 8.26. The molecule has 0 atom stereocenters. The molecule has 1 heterocycles. The van der Waals surface area contributed by atoms with E-state index in [0.29, 0.717) is 23.2 Å². The SMILES string of the molecule is CCCCCCn1c(=O)c(OC/C=C(\C)CCC=C(C)C)c(O)c2ccc(OC)cc21. The van der Waals surface area contributed by atoms with E-state index in [9.17, 15) is 9.90 Å². The molecule has 5 nitrogen and oxygen atoms in total. The second-order valence-electron chi connectivity index (χ2n) is 8.26. The molecule has 0 radical (unpaired) electrons. The van der Waals surface area contributed by atoms with Crippen molar-refractivity contribution in [1.82, 2.24) is 4.57 Å². The molecule has 0 spiro atoms. The van der Waals surface area contributed by atoms with Crippen LogP contribution in [-0.2, 0) is 6.54 Å². The molecule has 0 aliphatic heterocycles. The topological polar surface area (TPSA) is 60.7 Å². The van der Waals surface area contributed by atoms with Crippen LogP contribution in [0, 0.1) is 0 Å². The summed E-state index contributed by atoms with van der Waals surface area (Å²) in [5.74, 6) is 0.557. The summed E-state index contributed by atoms with van der Waals surface area (Å²) in [6.07, 6.45) is 10.3. The van der Waals surface area contributed by atoms with Crippen molar-refractivity contribution in [1.29, 1.82) is 0 Å². The number of benzene rings is 1. The van der Waals surface area contributed by atoms with Crippen LogP contribution in [0.3, 0.4) is 0 Å². The van der Waals surface area contributed by atoms with Gasteiger partial charge in [0.05, 0.1) is 12.6 Å². The minimum atomic E-state index is -0.301. The number of pyridine rings is 1. The van der Waals surface area contributed by atoms with Gasteiger partial charge in [0.25, 0.3) is 5.56 Å². The second kappa shape index (κ2) is 12.2. The van der Waals surface area contributed by atoms with Crippen molar-refractivity contribution in [2.45, 2.75) is 72.8 Å². The number of aryl methyl sites for hydroxylation is 1. The monoisotopic (exact) mass is 427 g/mol. The maximum atomic E-state index is 13.2. The highest BCUT2D eigenvalue weighted by atomic mass is 16.5. The van der Waals surface area contributed by atoms with E-state index in [1.807, 2.05) is 6.08 Å². The summed E-state index contributed by atoms with van der Waals surface area (Å²) in [5, 5.41) is 11.4. The van der Waals surface area contributed by atoms with Crippen molar-refractivity contribution < 1.29 is 14.6 Å². The Labute approximate surface area is 186 Å². The Hall–Kier alpha value is -2.69. The minimum absolute atomic E-state index is 0.0153. The van der Waals surface area contributed by atoms with Gasteiger partial charge in [0.1, 0.15) is 12.4 Å². The third-order valence-electron chi connectivity index (χ3n) is 5.39. The molecule has 2 aromatic rings. The summed E-state index contributed by atoms with van der Waals surface area (Å²) in [5.41, 5.74) is 2.87. The van der Waals surface area contributed by atoms with E-state index in [1.54, 1.807) is 29.9 Å². The first-order valence-electron chi connectivity index (χ1n) is 11.2. The fourth-order valence-corrected chi connectivity index (χ4v) is 3.52. The maximum absolute atomic E-state index is 13.2. The molecule has 1 aromatic carbocycles. The first-order chi connectivity index (χ1) is 14.9. The van der Waals surface area contributed by atoms with Crippen molar-refractivity contribution in [3.63, 3.8) is 0 Å². The standard InChI is InChI=1S/C26H37NO4/c1-6-7-8-9-16-27-23-18-21(30-5)13-14-22(23)24(28)25(26(27)29)31-17-15-20(4)12-10-11-19(2)3/h11,13-15,18,28H,6-10,12,16-17H2,1-5H3/b20-15+. The van der Waals surface area contributed by atoms with E-state index in [2.05, 4.69) is 33.8 Å². The molecule has 0 unspecified atom stereocenters. The summed E-state index contributed by atoms with van der Waals surface area (Å²) >= 11 is 0. The summed E-state index contributed by atoms with van der Waals surface area (Å²) < 4.78 is 12.8. The number of nitrogens with zero attached hydrogens (tertiary/aromatic N) is 1. The van der Waals surface area contributed by atoms with Crippen molar-refractivity contribution in [3.05, 3.63) is 51.9 Å². The fourth-order valence-electron chi connectivity index (χ4n) is 3.52. The fraction of sp³-hybridized carbons (Fsp3) is 0.500. The molecule has 1 N–H and O–H groups in total. The average Bonchev–Trinajstić information content (AvgIpc) is 2.74. The zero-order chi connectivity index (χ0) is 22.8. The van der Waals surface area contributed by atoms with E-state index < -0.39 is 0 Å². The van der Waals surface area contributed by atoms with Gasteiger partial charge < -0.3 is 19.1 Å². The molecule has 170 valence electrons. The summed E-state index contributed by atoms with van der Waals surface area (Å²) in [6, 6.07) is 5.36. The number of methoxy groups -OCH3 is 1. The van der Waals surface area contributed by atoms with Crippen molar-refractivity contribution >= 4 is 10.9 Å². The Kier molecular flexibility index (Phi) is 9.70. The van der Waals surface area contributed by atoms with E-state index in [1.165, 1.54) is 11.1 Å². The van der Waals surface area contributed by atoms with Crippen LogP contribution in [-0.4, -0.2) is 23.4 Å². The number of rotatable bonds is 12. The zero-order valence-electron chi connectivity index (χ0n) is 19.7. The van der Waals surface area contributed by atoms with Crippen LogP contribution in [0.15, 0.2) is 46.3 Å². The molecule has 31 heavy (non-hydrogen) atoms. The van der Waals surface area contributed by atoms with Gasteiger partial charge in [0.2, 0.25) is 5.75 Å². The lowest BCUT2D eigenvalue weighted by Crippen LogP contribution is -2.23. The Morgan fingerprint density at radius 3 is 2.58 bits per heavy atom. The summed E-state index contributed by atoms with van der Waals surface area (Å²) in [6.45, 7) is 9.23. The van der Waals surface area contributed by atoms with Crippen LogP contribution < -0.4 is 15.0 Å². The molecule has 0 saturated heterocycles. The average molecular weight is 428 g/mol. The number of allylic oxidation sites excluding steroid dienone is 3. The first kappa shape index (κ1) is 24.6. The number of hydrogen-bond donors (Lipinski definition) is 1. The summed E-state index contributed by atoms with van der Waals surface area (Å²) in [4.78, 5) is 13.2. The van der Waals surface area contributed by atoms with Crippen LogP contribution in [0.2, 0.25) is 0 Å². The highest BCUT2D eigenvalue weighted by molar-refractivity contribution is 5.88. The van der Waals surface area contributed by atoms with Gasteiger partial charge in [0.15, 0.2) is 5.75 Å². The smallest absolute Gasteiger partial charge is 0.297 e. The van der Waals surface area contributed by atoms with Crippen LogP contribution in [0.5, 0.6) is 17.2 Å². The molecule has 0 bridgehead atoms. The zero-order valence-corrected chi connectivity index (χ0v) is 19.7. The molecule has 0 amide bonds. The highest BCUT2D eigenvalue weighted by Crippen LogP contribution is 2.33. The number of aromatic hydroxyl groups is 1. The van der Waals surface area contributed by atoms with E-state index in [0.717, 1.165) is 38.5 Å². The summed E-state index contributed by atoms with van der Waals surface area (Å²) in [7, 11) is 1.59. The molecular weight excluding hydrogens is 390 g/mol. The third-order valence-corrected chi connectivity index (χ3v) is 5.39. The molecular formula is C26H37NO4. The number of hydrogen-bond acceptors (Lipinski definition) is 4. The van der Waals surface area contributed by atoms with Crippen molar-refractivity contribution in [2.24, 2.45) is 0 Å². The van der Waals surface area contributed by atoms with Crippen LogP contribution >= 0.6 is 0 Å². The minimum Gasteiger partial charge on any atom is -0.504 e. The molecule has 5 heteroatoms. The van der Waals surface area contributed by atoms with Gasteiger partial charge in [-0.2, -0.15) is 0 Å². The number of fused-ring (bicyclic) bond motifs is 1. The quantitative estimate of drug-likeness (QED) is 0.316. The van der Waals surface area contributed by atoms with E-state index in [-0.39, 0.29) is 23.7 Å². The van der Waals surface area contributed by atoms with Crippen molar-refractivity contribution in [2.75, 3.05) is 13.7 Å². The Morgan fingerprint density at radius 1 is 1.13 bits per heavy atom. The Morgan fingerprint density at radius 2 is 1.90 bits per heavy atom. The molecule has 0 fully saturated rings. The van der Waals surface area contributed by atoms with Gasteiger partial charge in [-0.15, -0.1) is 0 Å². The van der Waals surface area contributed by atoms with Gasteiger partial charge in [-0.05, 0) is 58.2 Å². The molecule has 2 rings (SSSR count). The normalized spacial score (nSPS) is 11.6. The highest BCUT2D eigenvalue weighted by Gasteiger charge is 2.18. The maximum Gasteiger partial charge on any atom is 0.297 e. The largest absolute Gasteiger partial charge is 0.504 e. The van der Waals surface area contributed by atoms with Gasteiger partial charge in [-0.25, -0.2) is 0 Å². The van der Waals surface area contributed by atoms with Gasteiger partial charge in [0, 0.05) is 18.0 Å². The predicted molar refractivity (Wildman–Crippen MR) is 128 cm³/mol. The Balaban J connectivity index is 2.31. The predicted octanol–water partition coefficient (Wildman–Crippen LogP) is 6.37. The van der Waals surface area contributed by atoms with Gasteiger partial charge in [-0.3, -0.25) is 4.79 Å². The van der Waals surface area contributed by atoms with Crippen molar-refractivity contribution in [3.8, 4) is 17.2 Å². The number of ether oxygens (including phenoxy) is 2. The first-order valence-corrected chi connectivity index (χ1v) is 11.2. The van der Waals surface area contributed by atoms with E-state index >= 15 is 0 Å². The van der Waals surface area contributed by atoms with Gasteiger partial charge in [-0.1, -0.05) is 43.4 Å². The molecule has 0 saturated carbocycles. The lowest BCUT2D eigenvalue weighted by Gasteiger charge is -2.16. The lowest BCUT2D eigenvalue weighted by molar-refractivity contribution is 0.328. The van der Waals surface area contributed by atoms with Crippen LogP contribution in [0.25, 0.3) is 10.9 Å². The number of aromatic nitrogens is 1. The molecule has 0 aliphatic rings. The van der Waals surface area contributed by atoms with Crippen LogP contribution in [0.4, 0.5) is 0 Å². The number of unbranched alkanes of at least 4 members (excludes halogenated alkanes) is 3. The Bertz CT molecular complexity index is 981. The lowest BCUT2D eigenvalue weighted by atomic mass is 10.1.